The van der Waals surface area contributed by atoms with E-state index < -0.39 is 5.82 Å². The Morgan fingerprint density at radius 2 is 2.18 bits per heavy atom. The summed E-state index contributed by atoms with van der Waals surface area (Å²) in [7, 11) is 1.54. The summed E-state index contributed by atoms with van der Waals surface area (Å²) in [5, 5.41) is 5.48. The van der Waals surface area contributed by atoms with E-state index in [1.807, 2.05) is 0 Å². The highest BCUT2D eigenvalue weighted by atomic mass is 35.5. The molecular formula is C15H18ClFN2O3. The Labute approximate surface area is 133 Å². The smallest absolute Gasteiger partial charge is 0.239 e. The minimum Gasteiger partial charge on any atom is -0.383 e. The predicted molar refractivity (Wildman–Crippen MR) is 80.2 cm³/mol. The number of halogens is 2. The molecule has 2 rings (SSSR count). The number of ether oxygens (including phenoxy) is 1. The van der Waals surface area contributed by atoms with E-state index >= 15 is 0 Å². The number of methoxy groups -OCH3 is 1. The number of hydrogen-bond donors (Lipinski definition) is 2. The van der Waals surface area contributed by atoms with E-state index in [0.29, 0.717) is 30.2 Å². The van der Waals surface area contributed by atoms with Gasteiger partial charge in [-0.1, -0.05) is 17.7 Å². The third-order valence-corrected chi connectivity index (χ3v) is 3.88. The molecule has 2 atom stereocenters. The Balaban J connectivity index is 1.80. The summed E-state index contributed by atoms with van der Waals surface area (Å²) in [6.07, 6.45) is 0.539. The van der Waals surface area contributed by atoms with Gasteiger partial charge in [-0.25, -0.2) is 4.39 Å². The van der Waals surface area contributed by atoms with Crippen LogP contribution in [0.15, 0.2) is 18.2 Å². The topological polar surface area (TPSA) is 67.4 Å². The van der Waals surface area contributed by atoms with Gasteiger partial charge in [-0.2, -0.15) is 0 Å². The molecule has 0 radical (unpaired) electrons. The van der Waals surface area contributed by atoms with Crippen LogP contribution in [0.1, 0.15) is 17.9 Å². The average molecular weight is 329 g/mol. The summed E-state index contributed by atoms with van der Waals surface area (Å²) in [5.74, 6) is -1.49. The fraction of sp³-hybridized carbons (Fsp3) is 0.467. The lowest BCUT2D eigenvalue weighted by molar-refractivity contribution is -0.126. The van der Waals surface area contributed by atoms with Gasteiger partial charge in [0.15, 0.2) is 0 Å². The molecule has 1 saturated carbocycles. The second-order valence-electron chi connectivity index (χ2n) is 5.14. The normalized spacial score (nSPS) is 19.6. The van der Waals surface area contributed by atoms with Crippen LogP contribution in [0.2, 0.25) is 5.02 Å². The molecule has 0 saturated heterocycles. The van der Waals surface area contributed by atoms with Crippen molar-refractivity contribution in [3.05, 3.63) is 34.6 Å². The number of amides is 2. The van der Waals surface area contributed by atoms with E-state index in [0.717, 1.165) is 0 Å². The number of carbonyl (C=O) groups excluding carboxylic acids is 2. The van der Waals surface area contributed by atoms with E-state index in [-0.39, 0.29) is 30.2 Å². The Morgan fingerprint density at radius 1 is 1.41 bits per heavy atom. The molecule has 5 nitrogen and oxygen atoms in total. The van der Waals surface area contributed by atoms with Gasteiger partial charge in [0.05, 0.1) is 13.2 Å². The van der Waals surface area contributed by atoms with Crippen LogP contribution in [0.4, 0.5) is 4.39 Å². The van der Waals surface area contributed by atoms with Crippen LogP contribution in [0.25, 0.3) is 0 Å². The molecule has 1 aromatic rings. The molecule has 0 heterocycles. The summed E-state index contributed by atoms with van der Waals surface area (Å²) >= 11 is 5.99. The van der Waals surface area contributed by atoms with E-state index in [1.165, 1.54) is 19.2 Å². The van der Waals surface area contributed by atoms with Crippen LogP contribution in [-0.2, 0) is 14.3 Å². The van der Waals surface area contributed by atoms with Crippen molar-refractivity contribution in [3.8, 4) is 0 Å². The first-order valence-electron chi connectivity index (χ1n) is 7.01. The van der Waals surface area contributed by atoms with Crippen molar-refractivity contribution in [2.75, 3.05) is 26.8 Å². The Hall–Kier alpha value is -1.66. The van der Waals surface area contributed by atoms with Crippen LogP contribution in [-0.4, -0.2) is 38.6 Å². The van der Waals surface area contributed by atoms with Crippen LogP contribution in [0.3, 0.4) is 0 Å². The summed E-state index contributed by atoms with van der Waals surface area (Å²) in [5.41, 5.74) is 0.383. The van der Waals surface area contributed by atoms with Crippen molar-refractivity contribution in [3.63, 3.8) is 0 Å². The van der Waals surface area contributed by atoms with Crippen LogP contribution >= 0.6 is 11.6 Å². The highest BCUT2D eigenvalue weighted by Crippen LogP contribution is 2.50. The van der Waals surface area contributed by atoms with Crippen molar-refractivity contribution in [1.82, 2.24) is 10.6 Å². The van der Waals surface area contributed by atoms with E-state index in [4.69, 9.17) is 16.3 Å². The van der Waals surface area contributed by atoms with Crippen molar-refractivity contribution in [2.24, 2.45) is 5.92 Å². The third kappa shape index (κ3) is 4.18. The van der Waals surface area contributed by atoms with Gasteiger partial charge in [0.2, 0.25) is 11.8 Å². The quantitative estimate of drug-likeness (QED) is 0.745. The largest absolute Gasteiger partial charge is 0.383 e. The summed E-state index contributed by atoms with van der Waals surface area (Å²) < 4.78 is 18.6. The molecule has 1 aliphatic carbocycles. The first kappa shape index (κ1) is 16.7. The number of nitrogens with one attached hydrogen (secondary N) is 2. The average Bonchev–Trinajstić information content (AvgIpc) is 3.25. The SMILES string of the molecule is COCCNC(=O)CNC(=O)[C@H]1C[C@H]1c1c(F)cccc1Cl. The minimum atomic E-state index is -0.398. The van der Waals surface area contributed by atoms with Gasteiger partial charge in [-0.15, -0.1) is 0 Å². The van der Waals surface area contributed by atoms with Crippen molar-refractivity contribution in [2.45, 2.75) is 12.3 Å². The Bertz CT molecular complexity index is 547. The summed E-state index contributed by atoms with van der Waals surface area (Å²) in [6, 6.07) is 4.47. The third-order valence-electron chi connectivity index (χ3n) is 3.55. The van der Waals surface area contributed by atoms with Gasteiger partial charge in [0.1, 0.15) is 5.82 Å². The Morgan fingerprint density at radius 3 is 2.86 bits per heavy atom. The van der Waals surface area contributed by atoms with Crippen molar-refractivity contribution in [1.29, 1.82) is 0 Å². The van der Waals surface area contributed by atoms with Gasteiger partial charge < -0.3 is 15.4 Å². The predicted octanol–water partition coefficient (Wildman–Crippen LogP) is 1.46. The van der Waals surface area contributed by atoms with Gasteiger partial charge in [-0.3, -0.25) is 9.59 Å². The van der Waals surface area contributed by atoms with Gasteiger partial charge in [-0.05, 0) is 18.6 Å². The van der Waals surface area contributed by atoms with E-state index in [9.17, 15) is 14.0 Å². The van der Waals surface area contributed by atoms with Crippen LogP contribution < -0.4 is 10.6 Å². The van der Waals surface area contributed by atoms with Gasteiger partial charge in [0, 0.05) is 36.1 Å². The lowest BCUT2D eigenvalue weighted by atomic mass is 10.1. The second-order valence-corrected chi connectivity index (χ2v) is 5.55. The molecule has 0 spiro atoms. The molecule has 120 valence electrons. The molecule has 0 aromatic heterocycles. The van der Waals surface area contributed by atoms with Crippen LogP contribution in [0.5, 0.6) is 0 Å². The second kappa shape index (κ2) is 7.56. The zero-order valence-corrected chi connectivity index (χ0v) is 13.0. The fourth-order valence-corrected chi connectivity index (χ4v) is 2.63. The summed E-state index contributed by atoms with van der Waals surface area (Å²) in [6.45, 7) is 0.703. The lowest BCUT2D eigenvalue weighted by Gasteiger charge is -2.07. The number of rotatable bonds is 7. The molecule has 2 N–H and O–H groups in total. The molecule has 1 aliphatic rings. The molecule has 0 unspecified atom stereocenters. The lowest BCUT2D eigenvalue weighted by Crippen LogP contribution is -2.38. The minimum absolute atomic E-state index is 0.100. The molecule has 22 heavy (non-hydrogen) atoms. The highest BCUT2D eigenvalue weighted by molar-refractivity contribution is 6.31. The molecule has 1 fully saturated rings. The Kier molecular flexibility index (Phi) is 5.74. The van der Waals surface area contributed by atoms with Gasteiger partial charge in [0.25, 0.3) is 0 Å². The molecule has 7 heteroatoms. The first-order valence-corrected chi connectivity index (χ1v) is 7.39. The van der Waals surface area contributed by atoms with Crippen molar-refractivity contribution >= 4 is 23.4 Å². The van der Waals surface area contributed by atoms with E-state index in [2.05, 4.69) is 10.6 Å². The molecular weight excluding hydrogens is 311 g/mol. The van der Waals surface area contributed by atoms with Gasteiger partial charge >= 0.3 is 0 Å². The zero-order valence-electron chi connectivity index (χ0n) is 12.2. The first-order chi connectivity index (χ1) is 10.5. The molecule has 0 aliphatic heterocycles. The van der Waals surface area contributed by atoms with Crippen LogP contribution in [0, 0.1) is 11.7 Å². The fourth-order valence-electron chi connectivity index (χ4n) is 2.32. The standard InChI is InChI=1S/C15H18ClFN2O3/c1-22-6-5-18-13(20)8-19-15(21)10-7-9(10)14-11(16)3-2-4-12(14)17/h2-4,9-10H,5-8H2,1H3,(H,18,20)(H,19,21)/t9-,10+/m1/s1. The maximum absolute atomic E-state index is 13.8. The maximum Gasteiger partial charge on any atom is 0.239 e. The number of hydrogen-bond acceptors (Lipinski definition) is 3. The van der Waals surface area contributed by atoms with E-state index in [1.54, 1.807) is 6.07 Å². The zero-order chi connectivity index (χ0) is 16.1. The summed E-state index contributed by atoms with van der Waals surface area (Å²) in [4.78, 5) is 23.4. The number of benzene rings is 1. The molecule has 1 aromatic carbocycles. The molecule has 0 bridgehead atoms. The number of carbonyl (C=O) groups is 2. The van der Waals surface area contributed by atoms with Crippen molar-refractivity contribution < 1.29 is 18.7 Å². The highest BCUT2D eigenvalue weighted by Gasteiger charge is 2.46. The molecule has 2 amide bonds. The maximum atomic E-state index is 13.8. The monoisotopic (exact) mass is 328 g/mol.